The summed E-state index contributed by atoms with van der Waals surface area (Å²) >= 11 is 1.32. The third-order valence-electron chi connectivity index (χ3n) is 14.2. The van der Waals surface area contributed by atoms with Gasteiger partial charge in [0.2, 0.25) is 0 Å². The van der Waals surface area contributed by atoms with Crippen molar-refractivity contribution in [1.82, 2.24) is 13.7 Å². The fraction of sp³-hybridized carbons (Fsp3) is 0.473. The lowest BCUT2D eigenvalue weighted by Gasteiger charge is -2.33. The van der Waals surface area contributed by atoms with E-state index in [0.29, 0.717) is 0 Å². The zero-order chi connectivity index (χ0) is 40.7. The predicted molar refractivity (Wildman–Crippen MR) is 254 cm³/mol. The summed E-state index contributed by atoms with van der Waals surface area (Å²) < 4.78 is 10.0. The molecule has 4 aromatic carbocycles. The summed E-state index contributed by atoms with van der Waals surface area (Å²) in [6.45, 7) is 9.28. The van der Waals surface area contributed by atoms with Crippen LogP contribution >= 0.6 is 11.7 Å². The van der Waals surface area contributed by atoms with Gasteiger partial charge in [0.1, 0.15) is 11.0 Å². The molecule has 4 heteroatoms. The molecule has 0 bridgehead atoms. The first kappa shape index (κ1) is 41.6. The molecule has 0 amide bonds. The highest BCUT2D eigenvalue weighted by Crippen LogP contribution is 2.57. The lowest BCUT2D eigenvalue weighted by atomic mass is 9.70. The fourth-order valence-corrected chi connectivity index (χ4v) is 11.7. The molecule has 3 nitrogen and oxygen atoms in total. The van der Waals surface area contributed by atoms with E-state index in [9.17, 15) is 0 Å². The fourth-order valence-electron chi connectivity index (χ4n) is 11.2. The molecule has 6 aromatic rings. The van der Waals surface area contributed by atoms with E-state index in [0.717, 1.165) is 27.9 Å². The largest absolute Gasteiger partial charge is 0.253 e. The molecule has 0 aliphatic heterocycles. The van der Waals surface area contributed by atoms with Gasteiger partial charge in [-0.25, -0.2) is 0 Å². The summed E-state index contributed by atoms with van der Waals surface area (Å²) in [7, 11) is 0. The number of nitrogens with zero attached hydrogens (tertiary/aromatic N) is 3. The van der Waals surface area contributed by atoms with E-state index in [-0.39, 0.29) is 10.8 Å². The van der Waals surface area contributed by atoms with Gasteiger partial charge in [-0.2, -0.15) is 8.75 Å². The SMILES string of the molecule is CCCCCCC1(CCCCCC)c2ccccc2-c2ccc(-c3cnc(-c4ccc5c(c4)C(CCCCCC)(CCCCCC)c4ccccc4-5)c4nsnc34)cc21. The van der Waals surface area contributed by atoms with Crippen molar-refractivity contribution in [2.45, 2.75) is 167 Å². The van der Waals surface area contributed by atoms with E-state index in [2.05, 4.69) is 119 Å². The Kier molecular flexibility index (Phi) is 13.4. The van der Waals surface area contributed by atoms with Crippen molar-refractivity contribution >= 4 is 22.8 Å². The maximum atomic E-state index is 5.33. The predicted octanol–water partition coefficient (Wildman–Crippen LogP) is 16.8. The summed E-state index contributed by atoms with van der Waals surface area (Å²) in [5.74, 6) is 0. The number of hydrogen-bond donors (Lipinski definition) is 0. The van der Waals surface area contributed by atoms with Gasteiger partial charge in [-0.15, -0.1) is 0 Å². The Morgan fingerprint density at radius 1 is 0.407 bits per heavy atom. The average Bonchev–Trinajstić information content (AvgIpc) is 3.95. The number of fused-ring (bicyclic) bond motifs is 7. The van der Waals surface area contributed by atoms with Gasteiger partial charge in [0.15, 0.2) is 0 Å². The minimum Gasteiger partial charge on any atom is -0.253 e. The van der Waals surface area contributed by atoms with E-state index in [1.807, 2.05) is 0 Å². The van der Waals surface area contributed by atoms with Crippen LogP contribution in [0.5, 0.6) is 0 Å². The van der Waals surface area contributed by atoms with Crippen LogP contribution in [0.2, 0.25) is 0 Å². The third-order valence-corrected chi connectivity index (χ3v) is 14.8. The Labute approximate surface area is 359 Å². The second-order valence-electron chi connectivity index (χ2n) is 18.0. The molecule has 2 aliphatic rings. The van der Waals surface area contributed by atoms with Crippen molar-refractivity contribution in [2.75, 3.05) is 0 Å². The lowest BCUT2D eigenvalue weighted by Crippen LogP contribution is -2.25. The molecule has 2 heterocycles. The molecule has 2 aliphatic carbocycles. The number of benzene rings is 4. The first-order valence-corrected chi connectivity index (χ1v) is 24.4. The highest BCUT2D eigenvalue weighted by atomic mass is 32.1. The molecule has 0 unspecified atom stereocenters. The molecule has 0 radical (unpaired) electrons. The number of pyridine rings is 1. The second kappa shape index (κ2) is 19.1. The molecule has 8 rings (SSSR count). The van der Waals surface area contributed by atoms with Crippen molar-refractivity contribution in [2.24, 2.45) is 0 Å². The van der Waals surface area contributed by atoms with Crippen molar-refractivity contribution in [3.8, 4) is 44.6 Å². The molecule has 308 valence electrons. The molecule has 0 spiro atoms. The van der Waals surface area contributed by atoms with Crippen LogP contribution in [0.15, 0.2) is 91.1 Å². The molecule has 2 aromatic heterocycles. The van der Waals surface area contributed by atoms with Crippen LogP contribution in [0, 0.1) is 0 Å². The summed E-state index contributed by atoms with van der Waals surface area (Å²) in [5.41, 5.74) is 18.2. The standard InChI is InChI=1S/C55H67N3S/c1-5-9-13-21-33-54(34-22-14-10-6-2)47-27-19-17-25-42(47)44-31-29-40(37-49(44)54)46-39-56-51(53-52(46)57-59-58-53)41-30-32-45-43-26-18-20-28-48(43)55(50(45)38-41,35-23-15-11-7-3)36-24-16-12-8-4/h17-20,25-32,37-39H,5-16,21-24,33-36H2,1-4H3. The third kappa shape index (κ3) is 7.96. The van der Waals surface area contributed by atoms with E-state index in [1.54, 1.807) is 5.56 Å². The normalized spacial score (nSPS) is 14.4. The summed E-state index contributed by atoms with van der Waals surface area (Å²) in [6, 6.07) is 33.1. The Bertz CT molecular complexity index is 2150. The number of rotatable bonds is 22. The molecule has 0 N–H and O–H groups in total. The highest BCUT2D eigenvalue weighted by molar-refractivity contribution is 7.00. The van der Waals surface area contributed by atoms with Crippen LogP contribution in [-0.4, -0.2) is 13.7 Å². The first-order valence-electron chi connectivity index (χ1n) is 23.7. The van der Waals surface area contributed by atoms with Crippen LogP contribution in [0.3, 0.4) is 0 Å². The van der Waals surface area contributed by atoms with E-state index < -0.39 is 0 Å². The second-order valence-corrected chi connectivity index (χ2v) is 18.5. The van der Waals surface area contributed by atoms with Gasteiger partial charge >= 0.3 is 0 Å². The van der Waals surface area contributed by atoms with Crippen molar-refractivity contribution < 1.29 is 0 Å². The van der Waals surface area contributed by atoms with Gasteiger partial charge in [-0.1, -0.05) is 203 Å². The summed E-state index contributed by atoms with van der Waals surface area (Å²) in [4.78, 5) is 5.33. The Morgan fingerprint density at radius 3 is 1.32 bits per heavy atom. The zero-order valence-corrected chi connectivity index (χ0v) is 37.4. The van der Waals surface area contributed by atoms with Crippen molar-refractivity contribution in [3.63, 3.8) is 0 Å². The number of hydrogen-bond acceptors (Lipinski definition) is 4. The molecule has 0 fully saturated rings. The van der Waals surface area contributed by atoms with E-state index in [4.69, 9.17) is 13.7 Å². The van der Waals surface area contributed by atoms with Gasteiger partial charge < -0.3 is 0 Å². The van der Waals surface area contributed by atoms with Gasteiger partial charge in [-0.05, 0) is 87.9 Å². The monoisotopic (exact) mass is 802 g/mol. The Morgan fingerprint density at radius 2 is 0.831 bits per heavy atom. The van der Waals surface area contributed by atoms with Crippen LogP contribution in [-0.2, 0) is 10.8 Å². The van der Waals surface area contributed by atoms with Crippen molar-refractivity contribution in [3.05, 3.63) is 113 Å². The average molecular weight is 802 g/mol. The summed E-state index contributed by atoms with van der Waals surface area (Å²) in [6.07, 6.45) is 27.5. The minimum absolute atomic E-state index is 0.0321. The molecule has 0 saturated heterocycles. The quantitative estimate of drug-likeness (QED) is 0.0642. The van der Waals surface area contributed by atoms with Gasteiger partial charge in [0.05, 0.1) is 17.4 Å². The first-order chi connectivity index (χ1) is 29.1. The van der Waals surface area contributed by atoms with Gasteiger partial charge in [0, 0.05) is 28.2 Å². The van der Waals surface area contributed by atoms with Crippen LogP contribution < -0.4 is 0 Å². The van der Waals surface area contributed by atoms with E-state index >= 15 is 0 Å². The van der Waals surface area contributed by atoms with Crippen LogP contribution in [0.25, 0.3) is 55.7 Å². The maximum Gasteiger partial charge on any atom is 0.131 e. The van der Waals surface area contributed by atoms with Crippen molar-refractivity contribution in [1.29, 1.82) is 0 Å². The molecule has 0 saturated carbocycles. The molecular weight excluding hydrogens is 735 g/mol. The molecular formula is C55H67N3S. The van der Waals surface area contributed by atoms with Gasteiger partial charge in [0.25, 0.3) is 0 Å². The Balaban J connectivity index is 1.19. The zero-order valence-electron chi connectivity index (χ0n) is 36.6. The minimum atomic E-state index is 0.0321. The lowest BCUT2D eigenvalue weighted by molar-refractivity contribution is 0.401. The maximum absolute atomic E-state index is 5.33. The van der Waals surface area contributed by atoms with Crippen LogP contribution in [0.1, 0.15) is 178 Å². The van der Waals surface area contributed by atoms with E-state index in [1.165, 1.54) is 185 Å². The number of aromatic nitrogens is 3. The smallest absolute Gasteiger partial charge is 0.131 e. The molecule has 59 heavy (non-hydrogen) atoms. The topological polar surface area (TPSA) is 38.7 Å². The van der Waals surface area contributed by atoms with Crippen LogP contribution in [0.4, 0.5) is 0 Å². The van der Waals surface area contributed by atoms with Gasteiger partial charge in [-0.3, -0.25) is 4.98 Å². The molecule has 0 atom stereocenters. The summed E-state index contributed by atoms with van der Waals surface area (Å²) in [5, 5.41) is 0. The number of unbranched alkanes of at least 4 members (excludes halogenated alkanes) is 12. The Hall–Kier alpha value is -4.15. The highest BCUT2D eigenvalue weighted by Gasteiger charge is 2.44.